The van der Waals surface area contributed by atoms with Gasteiger partial charge < -0.3 is 0 Å². The van der Waals surface area contributed by atoms with E-state index in [1.54, 1.807) is 0 Å². The third-order valence-corrected chi connectivity index (χ3v) is 9.84. The second kappa shape index (κ2) is 17.9. The Bertz CT molecular complexity index is 1940. The molecule has 2 aromatic heterocycles. The Morgan fingerprint density at radius 2 is 0.493 bits per heavy atom. The molecule has 69 heavy (non-hydrogen) atoms. The number of alkyl halides is 34. The molecule has 36 heteroatoms. The van der Waals surface area contributed by atoms with Crippen molar-refractivity contribution in [3.63, 3.8) is 0 Å². The molecule has 0 bridgehead atoms. The Hall–Kier alpha value is -4.08. The van der Waals surface area contributed by atoms with Crippen molar-refractivity contribution in [1.29, 1.82) is 0 Å². The first-order chi connectivity index (χ1) is 30.1. The number of aromatic nitrogens is 2. The van der Waals surface area contributed by atoms with Crippen LogP contribution in [0.15, 0.2) is 48.8 Å². The first-order valence-corrected chi connectivity index (χ1v) is 17.5. The Morgan fingerprint density at radius 1 is 0.275 bits per heavy atom. The van der Waals surface area contributed by atoms with Gasteiger partial charge in [0.15, 0.2) is 36.9 Å². The van der Waals surface area contributed by atoms with Gasteiger partial charge in [-0.05, 0) is 6.42 Å². The molecule has 0 aliphatic heterocycles. The topological polar surface area (TPSA) is 7.76 Å². The zero-order valence-corrected chi connectivity index (χ0v) is 32.3. The van der Waals surface area contributed by atoms with Crippen molar-refractivity contribution >= 4 is 0 Å². The summed E-state index contributed by atoms with van der Waals surface area (Å²) in [7, 11) is 0. The summed E-state index contributed by atoms with van der Waals surface area (Å²) >= 11 is 0. The van der Waals surface area contributed by atoms with Crippen molar-refractivity contribution in [2.75, 3.05) is 0 Å². The van der Waals surface area contributed by atoms with Gasteiger partial charge in [-0.3, -0.25) is 0 Å². The van der Waals surface area contributed by atoms with Crippen LogP contribution in [0.5, 0.6) is 0 Å². The summed E-state index contributed by atoms with van der Waals surface area (Å²) in [6, 6.07) is 5.16. The van der Waals surface area contributed by atoms with E-state index in [1.165, 1.54) is 0 Å². The van der Waals surface area contributed by atoms with E-state index in [9.17, 15) is 149 Å². The number of hydrogen-bond acceptors (Lipinski definition) is 0. The average molecular weight is 1090 g/mol. The Balaban J connectivity index is 2.34. The maximum Gasteiger partial charge on any atom is 0.460 e. The van der Waals surface area contributed by atoms with Crippen molar-refractivity contribution in [2.45, 2.75) is 140 Å². The van der Waals surface area contributed by atoms with E-state index in [2.05, 4.69) is 0 Å². The Kier molecular flexibility index (Phi) is 15.8. The maximum atomic E-state index is 14.6. The number of hydrogen-bond donors (Lipinski definition) is 0. The van der Waals surface area contributed by atoms with Crippen LogP contribution in [-0.4, -0.2) is 95.3 Å². The SMILES string of the molecule is FC(F)(F)C(F)(F)C(F)(F)C(F)(F)C(F)(F)C(F)(F)C(F)(F)C(F)(F)CC[n+]1ccccc1CCCc1cccc[n+]1CCC(F)(F)C(F)(F)C(F)(F)C(F)(F)C(F)(F)C(F)(F)C(F)(F)C(F)(F)F. The molecular weight excluding hydrogens is 1070 g/mol. The van der Waals surface area contributed by atoms with E-state index in [-0.39, 0.29) is 0 Å². The predicted octanol–water partition coefficient (Wildman–Crippen LogP) is 13.2. The molecule has 0 aromatic carbocycles. The minimum atomic E-state index is -8.88. The summed E-state index contributed by atoms with van der Waals surface area (Å²) in [4.78, 5) is 0. The minimum absolute atomic E-state index is 0.328. The zero-order valence-electron chi connectivity index (χ0n) is 32.3. The van der Waals surface area contributed by atoms with E-state index in [0.717, 1.165) is 36.4 Å². The van der Waals surface area contributed by atoms with Crippen molar-refractivity contribution in [3.8, 4) is 0 Å². The molecule has 0 atom stereocenters. The lowest BCUT2D eigenvalue weighted by atomic mass is 9.88. The fourth-order valence-corrected chi connectivity index (χ4v) is 5.59. The van der Waals surface area contributed by atoms with Crippen molar-refractivity contribution in [3.05, 3.63) is 60.2 Å². The van der Waals surface area contributed by atoms with Gasteiger partial charge in [0, 0.05) is 37.1 Å². The summed E-state index contributed by atoms with van der Waals surface area (Å²) in [6.45, 7) is -3.66. The van der Waals surface area contributed by atoms with E-state index < -0.39 is 152 Å². The van der Waals surface area contributed by atoms with Crippen LogP contribution in [0.25, 0.3) is 0 Å². The van der Waals surface area contributed by atoms with Gasteiger partial charge in [-0.25, -0.2) is 9.13 Å². The third-order valence-electron chi connectivity index (χ3n) is 9.84. The van der Waals surface area contributed by atoms with Gasteiger partial charge in [-0.1, -0.05) is 12.1 Å². The van der Waals surface area contributed by atoms with E-state index >= 15 is 0 Å². The Morgan fingerprint density at radius 3 is 0.725 bits per heavy atom. The number of nitrogens with zero attached hydrogens (tertiary/aromatic N) is 2. The smallest absolute Gasteiger partial charge is 0.202 e. The summed E-state index contributed by atoms with van der Waals surface area (Å²) < 4.78 is 464. The molecule has 0 radical (unpaired) electrons. The van der Waals surface area contributed by atoms with Gasteiger partial charge >= 0.3 is 95.3 Å². The fraction of sp³-hybridized carbons (Fsp3) is 0.697. The average Bonchev–Trinajstić information content (AvgIpc) is 3.18. The van der Waals surface area contributed by atoms with Gasteiger partial charge in [0.25, 0.3) is 0 Å². The van der Waals surface area contributed by atoms with Crippen LogP contribution in [-0.2, 0) is 25.9 Å². The molecule has 400 valence electrons. The highest BCUT2D eigenvalue weighted by molar-refractivity contribution is 5.17. The van der Waals surface area contributed by atoms with Gasteiger partial charge in [-0.2, -0.15) is 149 Å². The molecule has 0 saturated carbocycles. The molecule has 0 saturated heterocycles. The zero-order chi connectivity index (χ0) is 54.9. The van der Waals surface area contributed by atoms with Crippen molar-refractivity contribution in [2.24, 2.45) is 0 Å². The van der Waals surface area contributed by atoms with Gasteiger partial charge in [0.05, 0.1) is 12.8 Å². The van der Waals surface area contributed by atoms with Gasteiger partial charge in [0.1, 0.15) is 0 Å². The van der Waals surface area contributed by atoms with E-state index in [4.69, 9.17) is 0 Å². The largest absolute Gasteiger partial charge is 0.460 e. The van der Waals surface area contributed by atoms with Crippen LogP contribution in [0.1, 0.15) is 30.7 Å². The third kappa shape index (κ3) is 9.35. The molecule has 0 spiro atoms. The van der Waals surface area contributed by atoms with Crippen LogP contribution in [0, 0.1) is 0 Å². The highest BCUT2D eigenvalue weighted by Crippen LogP contribution is 2.66. The summed E-state index contributed by atoms with van der Waals surface area (Å²) in [5.41, 5.74) is -0.942. The molecular formula is C33H22F34N2+2. The lowest BCUT2D eigenvalue weighted by Gasteiger charge is -2.42. The summed E-state index contributed by atoms with van der Waals surface area (Å²) in [5.74, 6) is -117. The molecule has 2 rings (SSSR count). The molecule has 0 amide bonds. The second-order valence-electron chi connectivity index (χ2n) is 14.4. The minimum Gasteiger partial charge on any atom is -0.202 e. The first kappa shape index (κ1) is 61.0. The quantitative estimate of drug-likeness (QED) is 0.0820. The number of rotatable bonds is 22. The number of pyridine rings is 2. The first-order valence-electron chi connectivity index (χ1n) is 17.5. The highest BCUT2D eigenvalue weighted by atomic mass is 19.4. The molecule has 0 aliphatic carbocycles. The lowest BCUT2D eigenvalue weighted by molar-refractivity contribution is -0.708. The van der Waals surface area contributed by atoms with E-state index in [0.29, 0.717) is 21.5 Å². The molecule has 2 nitrogen and oxygen atoms in total. The highest BCUT2D eigenvalue weighted by Gasteiger charge is 2.97. The van der Waals surface area contributed by atoms with Crippen molar-refractivity contribution in [1.82, 2.24) is 0 Å². The lowest BCUT2D eigenvalue weighted by Crippen LogP contribution is -2.74. The second-order valence-corrected chi connectivity index (χ2v) is 14.4. The molecule has 2 heterocycles. The monoisotopic (exact) mass is 1090 g/mol. The molecule has 0 aliphatic rings. The number of aryl methyl sites for hydroxylation is 4. The van der Waals surface area contributed by atoms with Gasteiger partial charge in [-0.15, -0.1) is 0 Å². The molecule has 0 unspecified atom stereocenters. The molecule has 2 aromatic rings. The van der Waals surface area contributed by atoms with Crippen LogP contribution >= 0.6 is 0 Å². The summed E-state index contributed by atoms with van der Waals surface area (Å²) in [5, 5.41) is 0. The summed E-state index contributed by atoms with van der Waals surface area (Å²) in [6.07, 6.45) is -22.6. The van der Waals surface area contributed by atoms with Crippen LogP contribution in [0.4, 0.5) is 149 Å². The van der Waals surface area contributed by atoms with Crippen molar-refractivity contribution < 1.29 is 158 Å². The predicted molar refractivity (Wildman–Crippen MR) is 156 cm³/mol. The van der Waals surface area contributed by atoms with Gasteiger partial charge in [0.2, 0.25) is 0 Å². The molecule has 0 N–H and O–H groups in total. The number of halogens is 34. The standard InChI is InChI=1S/C33H22F34N2/c34-18(35,20(38,39)22(42,43)24(46,47)26(50,51)28(54,55)30(58,59)32(62,63)64)10-14-68-12-3-1-6-16(68)8-5-9-17-7-2-4-13-69(17)15-11-19(36,37)21(40,41)23(44,45)25(48,49)27(52,53)29(56,57)31(60,61)33(65,66)67/h1-4,6-7,12-13H,5,8-11,14-15H2/q+2. The van der Waals surface area contributed by atoms with E-state index in [1.807, 2.05) is 0 Å². The maximum absolute atomic E-state index is 14.6. The van der Waals surface area contributed by atoms with Crippen LogP contribution < -0.4 is 9.13 Å². The van der Waals surface area contributed by atoms with Crippen LogP contribution in [0.2, 0.25) is 0 Å². The Labute approximate surface area is 359 Å². The fourth-order valence-electron chi connectivity index (χ4n) is 5.59. The van der Waals surface area contributed by atoms with Crippen LogP contribution in [0.3, 0.4) is 0 Å². The molecule has 0 fully saturated rings. The normalized spacial score (nSPS) is 15.8.